The Morgan fingerprint density at radius 2 is 1.07 bits per heavy atom. The summed E-state index contributed by atoms with van der Waals surface area (Å²) in [5.74, 6) is 1.61. The van der Waals surface area contributed by atoms with Crippen LogP contribution in [0.25, 0.3) is 49.7 Å². The fourth-order valence-electron chi connectivity index (χ4n) is 6.43. The van der Waals surface area contributed by atoms with Crippen molar-refractivity contribution in [3.63, 3.8) is 0 Å². The molecule has 5 aromatic heterocycles. The molecule has 0 amide bonds. The van der Waals surface area contributed by atoms with Crippen LogP contribution in [0.1, 0.15) is 22.6 Å². The van der Waals surface area contributed by atoms with E-state index in [0.29, 0.717) is 0 Å². The molecule has 0 saturated carbocycles. The molecule has 1 aliphatic rings. The summed E-state index contributed by atoms with van der Waals surface area (Å²) in [7, 11) is 3.42. The quantitative estimate of drug-likeness (QED) is 0.227. The number of ether oxygens (including phenoxy) is 2. The molecule has 0 unspecified atom stereocenters. The van der Waals surface area contributed by atoms with Gasteiger partial charge in [-0.15, -0.1) is 0 Å². The first-order valence-electron chi connectivity index (χ1n) is 13.7. The van der Waals surface area contributed by atoms with Gasteiger partial charge >= 0.3 is 0 Å². The minimum Gasteiger partial charge on any atom is -0.496 e. The van der Waals surface area contributed by atoms with E-state index in [4.69, 9.17) is 9.47 Å². The molecule has 0 spiro atoms. The monoisotopic (exact) mass is 547 g/mol. The Morgan fingerprint density at radius 3 is 1.67 bits per heavy atom. The second-order valence-electron chi connectivity index (χ2n) is 10.3. The number of hydrogen-bond donors (Lipinski definition) is 0. The van der Waals surface area contributed by atoms with Gasteiger partial charge in [0.25, 0.3) is 0 Å². The summed E-state index contributed by atoms with van der Waals surface area (Å²) in [6.07, 6.45) is 15.0. The van der Waals surface area contributed by atoms with E-state index in [9.17, 15) is 0 Å². The van der Waals surface area contributed by atoms with Crippen molar-refractivity contribution in [1.82, 2.24) is 24.5 Å². The number of methoxy groups -OCH3 is 2. The average Bonchev–Trinajstić information content (AvgIpc) is 3.57. The maximum atomic E-state index is 5.99. The Labute approximate surface area is 242 Å². The smallest absolute Gasteiger partial charge is 0.128 e. The molecule has 0 fully saturated rings. The minimum atomic E-state index is 0.0764. The summed E-state index contributed by atoms with van der Waals surface area (Å²) in [4.78, 5) is 17.5. The molecule has 7 nitrogen and oxygen atoms in total. The van der Waals surface area contributed by atoms with Crippen LogP contribution in [-0.2, 0) is 0 Å². The molecule has 7 aromatic rings. The Balaban J connectivity index is 1.25. The topological polar surface area (TPSA) is 75.0 Å². The second-order valence-corrected chi connectivity index (χ2v) is 10.3. The lowest BCUT2D eigenvalue weighted by Gasteiger charge is -2.19. The maximum absolute atomic E-state index is 5.99. The van der Waals surface area contributed by atoms with Crippen molar-refractivity contribution in [2.75, 3.05) is 14.2 Å². The van der Waals surface area contributed by atoms with Crippen molar-refractivity contribution in [2.45, 2.75) is 5.92 Å². The van der Waals surface area contributed by atoms with Gasteiger partial charge in [0.05, 0.1) is 25.3 Å². The summed E-state index contributed by atoms with van der Waals surface area (Å²) >= 11 is 0. The van der Waals surface area contributed by atoms with E-state index >= 15 is 0 Å². The Hall–Kier alpha value is -5.56. The third-order valence-corrected chi connectivity index (χ3v) is 8.28. The fourth-order valence-corrected chi connectivity index (χ4v) is 6.43. The van der Waals surface area contributed by atoms with E-state index in [0.717, 1.165) is 66.8 Å². The van der Waals surface area contributed by atoms with Crippen LogP contribution in [-0.4, -0.2) is 38.7 Å². The van der Waals surface area contributed by atoms with Crippen LogP contribution in [0.5, 0.6) is 11.5 Å². The molecule has 0 aliphatic heterocycles. The van der Waals surface area contributed by atoms with Gasteiger partial charge in [0, 0.05) is 100 Å². The first kappa shape index (κ1) is 24.3. The van der Waals surface area contributed by atoms with Crippen LogP contribution in [0.3, 0.4) is 0 Å². The lowest BCUT2D eigenvalue weighted by atomic mass is 9.88. The van der Waals surface area contributed by atoms with Gasteiger partial charge in [0.2, 0.25) is 0 Å². The van der Waals surface area contributed by atoms with E-state index in [1.165, 1.54) is 11.1 Å². The van der Waals surface area contributed by atoms with Crippen molar-refractivity contribution in [1.29, 1.82) is 0 Å². The van der Waals surface area contributed by atoms with E-state index in [-0.39, 0.29) is 5.92 Å². The number of rotatable bonds is 5. The highest BCUT2D eigenvalue weighted by atomic mass is 16.5. The highest BCUT2D eigenvalue weighted by Gasteiger charge is 2.31. The summed E-state index contributed by atoms with van der Waals surface area (Å²) in [6, 6.07) is 21.0. The van der Waals surface area contributed by atoms with E-state index < -0.39 is 0 Å². The third-order valence-electron chi connectivity index (χ3n) is 8.28. The van der Waals surface area contributed by atoms with E-state index in [1.807, 2.05) is 61.7 Å². The van der Waals surface area contributed by atoms with Gasteiger partial charge in [-0.3, -0.25) is 19.9 Å². The van der Waals surface area contributed by atoms with E-state index in [1.54, 1.807) is 14.2 Å². The first-order chi connectivity index (χ1) is 20.8. The van der Waals surface area contributed by atoms with Crippen molar-refractivity contribution < 1.29 is 9.47 Å². The normalized spacial score (nSPS) is 12.4. The summed E-state index contributed by atoms with van der Waals surface area (Å²) in [5, 5.41) is 2.12. The number of nitrogens with zero attached hydrogens (tertiary/aromatic N) is 5. The zero-order chi connectivity index (χ0) is 28.2. The molecule has 0 atom stereocenters. The van der Waals surface area contributed by atoms with Crippen molar-refractivity contribution in [3.8, 4) is 39.4 Å². The van der Waals surface area contributed by atoms with Crippen molar-refractivity contribution in [2.24, 2.45) is 0 Å². The van der Waals surface area contributed by atoms with Gasteiger partial charge in [-0.25, -0.2) is 0 Å². The average molecular weight is 548 g/mol. The van der Waals surface area contributed by atoms with E-state index in [2.05, 4.69) is 73.0 Å². The Bertz CT molecular complexity index is 2050. The first-order valence-corrected chi connectivity index (χ1v) is 13.7. The molecule has 0 N–H and O–H groups in total. The lowest BCUT2D eigenvalue weighted by Crippen LogP contribution is -2.01. The van der Waals surface area contributed by atoms with Crippen molar-refractivity contribution in [3.05, 3.63) is 127 Å². The summed E-state index contributed by atoms with van der Waals surface area (Å²) < 4.78 is 14.2. The number of pyridine rings is 4. The zero-order valence-corrected chi connectivity index (χ0v) is 23.0. The molecule has 7 heteroatoms. The molecule has 8 rings (SSSR count). The molecule has 42 heavy (non-hydrogen) atoms. The number of fused-ring (bicyclic) bond motifs is 6. The number of benzene rings is 2. The molecule has 0 bridgehead atoms. The van der Waals surface area contributed by atoms with Crippen LogP contribution in [0.15, 0.2) is 110 Å². The van der Waals surface area contributed by atoms with Crippen LogP contribution in [0.2, 0.25) is 0 Å². The molecule has 1 aliphatic carbocycles. The molecule has 2 aromatic carbocycles. The second kappa shape index (κ2) is 9.52. The molecule has 0 saturated heterocycles. The SMILES string of the molecule is COc1cc(C2c3ccncc3-c3cnccc32)ccc1-c1ccc(-n2c3ccncc3c3cnccc32)cc1OC. The minimum absolute atomic E-state index is 0.0764. The predicted octanol–water partition coefficient (Wildman–Crippen LogP) is 7.21. The van der Waals surface area contributed by atoms with Crippen LogP contribution < -0.4 is 9.47 Å². The van der Waals surface area contributed by atoms with Gasteiger partial charge in [-0.2, -0.15) is 0 Å². The molecule has 5 heterocycles. The standard InChI is InChI=1S/C35H25N5O2/c1-41-33-15-21(35-25-7-11-36-17-27(25)28-18-37-12-8-26(28)35)3-5-23(33)24-6-4-22(16-34(24)42-2)40-31-9-13-38-19-29(31)30-20-39-14-10-32(30)40/h3-20,35H,1-2H3. The highest BCUT2D eigenvalue weighted by Crippen LogP contribution is 2.49. The largest absolute Gasteiger partial charge is 0.496 e. The van der Waals surface area contributed by atoms with Gasteiger partial charge in [0.1, 0.15) is 11.5 Å². The maximum Gasteiger partial charge on any atom is 0.128 e. The number of aromatic nitrogens is 5. The van der Waals surface area contributed by atoms with Crippen LogP contribution >= 0.6 is 0 Å². The zero-order valence-electron chi connectivity index (χ0n) is 23.0. The van der Waals surface area contributed by atoms with Gasteiger partial charge in [0.15, 0.2) is 0 Å². The Kier molecular flexibility index (Phi) is 5.50. The molecule has 0 radical (unpaired) electrons. The molecular formula is C35H25N5O2. The third kappa shape index (κ3) is 3.53. The van der Waals surface area contributed by atoms with Gasteiger partial charge < -0.3 is 14.0 Å². The molecule has 202 valence electrons. The fraction of sp³-hybridized carbons (Fsp3) is 0.0857. The van der Waals surface area contributed by atoms with Crippen molar-refractivity contribution >= 4 is 21.8 Å². The van der Waals surface area contributed by atoms with Crippen LogP contribution in [0.4, 0.5) is 0 Å². The number of hydrogen-bond acceptors (Lipinski definition) is 6. The Morgan fingerprint density at radius 1 is 0.548 bits per heavy atom. The van der Waals surface area contributed by atoms with Gasteiger partial charge in [-0.05, 0) is 59.2 Å². The highest BCUT2D eigenvalue weighted by molar-refractivity contribution is 6.08. The lowest BCUT2D eigenvalue weighted by molar-refractivity contribution is 0.410. The summed E-state index contributed by atoms with van der Waals surface area (Å²) in [5.41, 5.74) is 10.9. The predicted molar refractivity (Wildman–Crippen MR) is 163 cm³/mol. The molecular weight excluding hydrogens is 522 g/mol. The van der Waals surface area contributed by atoms with Crippen LogP contribution in [0, 0.1) is 0 Å². The summed E-state index contributed by atoms with van der Waals surface area (Å²) in [6.45, 7) is 0. The van der Waals surface area contributed by atoms with Gasteiger partial charge in [-0.1, -0.05) is 12.1 Å².